The minimum absolute atomic E-state index is 0.171. The zero-order chi connectivity index (χ0) is 19.1. The average Bonchev–Trinajstić information content (AvgIpc) is 3.15. The summed E-state index contributed by atoms with van der Waals surface area (Å²) in [5.41, 5.74) is 1.60. The maximum atomic E-state index is 12.2. The number of aromatic nitrogens is 2. The molecule has 2 N–H and O–H groups in total. The van der Waals surface area contributed by atoms with Crippen molar-refractivity contribution in [2.75, 3.05) is 31.5 Å². The highest BCUT2D eigenvalue weighted by Gasteiger charge is 2.20. The molecule has 2 atom stereocenters. The summed E-state index contributed by atoms with van der Waals surface area (Å²) in [7, 11) is 0. The summed E-state index contributed by atoms with van der Waals surface area (Å²) in [6.07, 6.45) is 7.04. The molecule has 1 aromatic carbocycles. The predicted octanol–water partition coefficient (Wildman–Crippen LogP) is 3.75. The Morgan fingerprint density at radius 2 is 1.93 bits per heavy atom. The number of urea groups is 1. The fourth-order valence-electron chi connectivity index (χ4n) is 3.99. The van der Waals surface area contributed by atoms with Crippen LogP contribution in [0.15, 0.2) is 42.7 Å². The first-order chi connectivity index (χ1) is 13.1. The number of likely N-dealkylation sites (tertiary alicyclic amines) is 1. The van der Waals surface area contributed by atoms with E-state index in [1.54, 1.807) is 10.9 Å². The lowest BCUT2D eigenvalue weighted by molar-refractivity contribution is 0.139. The van der Waals surface area contributed by atoms with Gasteiger partial charge in [-0.1, -0.05) is 26.0 Å². The third kappa shape index (κ3) is 5.82. The minimum atomic E-state index is -0.171. The lowest BCUT2D eigenvalue weighted by Gasteiger charge is -2.34. The standard InChI is InChI=1S/C21H31N5O/c1-17-14-18(2)16-25(15-17)12-6-5-10-22-21(27)24-19-8-3-4-9-20(19)26-13-7-11-23-26/h3-4,7-9,11,13,17-18H,5-6,10,12,14-16H2,1-2H3,(H2,22,24,27). The van der Waals surface area contributed by atoms with E-state index in [-0.39, 0.29) is 6.03 Å². The molecule has 1 saturated heterocycles. The second-order valence-electron chi connectivity index (χ2n) is 7.76. The van der Waals surface area contributed by atoms with Crippen LogP contribution < -0.4 is 10.6 Å². The number of amides is 2. The van der Waals surface area contributed by atoms with Gasteiger partial charge in [0.15, 0.2) is 0 Å². The van der Waals surface area contributed by atoms with Gasteiger partial charge in [-0.15, -0.1) is 0 Å². The van der Waals surface area contributed by atoms with E-state index in [4.69, 9.17) is 0 Å². The van der Waals surface area contributed by atoms with Crippen LogP contribution in [0.3, 0.4) is 0 Å². The number of hydrogen-bond acceptors (Lipinski definition) is 3. The molecular weight excluding hydrogens is 338 g/mol. The Hall–Kier alpha value is -2.34. The molecule has 0 bridgehead atoms. The van der Waals surface area contributed by atoms with Gasteiger partial charge in [0.1, 0.15) is 0 Å². The van der Waals surface area contributed by atoms with Gasteiger partial charge in [-0.05, 0) is 55.8 Å². The first-order valence-corrected chi connectivity index (χ1v) is 9.98. The van der Waals surface area contributed by atoms with Crippen molar-refractivity contribution in [1.29, 1.82) is 0 Å². The zero-order valence-corrected chi connectivity index (χ0v) is 16.4. The normalized spacial score (nSPS) is 20.4. The van der Waals surface area contributed by atoms with E-state index < -0.39 is 0 Å². The van der Waals surface area contributed by atoms with Crippen molar-refractivity contribution in [3.05, 3.63) is 42.7 Å². The second kappa shape index (κ2) is 9.55. The minimum Gasteiger partial charge on any atom is -0.338 e. The van der Waals surface area contributed by atoms with Gasteiger partial charge < -0.3 is 15.5 Å². The maximum Gasteiger partial charge on any atom is 0.319 e. The highest BCUT2D eigenvalue weighted by molar-refractivity contribution is 5.91. The molecule has 1 aliphatic heterocycles. The Morgan fingerprint density at radius 1 is 1.15 bits per heavy atom. The highest BCUT2D eigenvalue weighted by Crippen LogP contribution is 2.21. The lowest BCUT2D eigenvalue weighted by atomic mass is 9.92. The Balaban J connectivity index is 1.38. The fraction of sp³-hybridized carbons (Fsp3) is 0.524. The third-order valence-corrected chi connectivity index (χ3v) is 5.03. The number of piperidine rings is 1. The zero-order valence-electron chi connectivity index (χ0n) is 16.4. The van der Waals surface area contributed by atoms with Gasteiger partial charge in [-0.2, -0.15) is 5.10 Å². The summed E-state index contributed by atoms with van der Waals surface area (Å²) >= 11 is 0. The summed E-state index contributed by atoms with van der Waals surface area (Å²) in [5.74, 6) is 1.60. The van der Waals surface area contributed by atoms with Gasteiger partial charge in [0.25, 0.3) is 0 Å². The molecule has 0 aliphatic carbocycles. The topological polar surface area (TPSA) is 62.2 Å². The van der Waals surface area contributed by atoms with E-state index in [0.29, 0.717) is 6.54 Å². The van der Waals surface area contributed by atoms with Crippen LogP contribution in [0, 0.1) is 11.8 Å². The molecule has 2 heterocycles. The molecule has 2 aromatic rings. The van der Waals surface area contributed by atoms with Crippen molar-refractivity contribution in [3.63, 3.8) is 0 Å². The fourth-order valence-corrected chi connectivity index (χ4v) is 3.99. The van der Waals surface area contributed by atoms with E-state index in [1.807, 2.05) is 36.5 Å². The van der Waals surface area contributed by atoms with Crippen molar-refractivity contribution >= 4 is 11.7 Å². The Labute approximate surface area is 161 Å². The number of benzene rings is 1. The first-order valence-electron chi connectivity index (χ1n) is 9.98. The summed E-state index contributed by atoms with van der Waals surface area (Å²) in [4.78, 5) is 14.8. The molecule has 0 radical (unpaired) electrons. The average molecular weight is 370 g/mol. The van der Waals surface area contributed by atoms with Crippen LogP contribution >= 0.6 is 0 Å². The molecule has 1 aromatic heterocycles. The van der Waals surface area contributed by atoms with Crippen LogP contribution in [-0.4, -0.2) is 46.9 Å². The van der Waals surface area contributed by atoms with E-state index in [0.717, 1.165) is 42.6 Å². The van der Waals surface area contributed by atoms with Gasteiger partial charge in [0, 0.05) is 32.0 Å². The number of nitrogens with zero attached hydrogens (tertiary/aromatic N) is 3. The number of hydrogen-bond donors (Lipinski definition) is 2. The summed E-state index contributed by atoms with van der Waals surface area (Å²) in [6, 6.07) is 9.35. The molecule has 1 fully saturated rings. The van der Waals surface area contributed by atoms with Crippen molar-refractivity contribution in [2.24, 2.45) is 11.8 Å². The monoisotopic (exact) mass is 369 g/mol. The molecule has 2 unspecified atom stereocenters. The van der Waals surface area contributed by atoms with E-state index in [1.165, 1.54) is 19.5 Å². The largest absolute Gasteiger partial charge is 0.338 e. The number of anilines is 1. The molecule has 3 rings (SSSR count). The Bertz CT molecular complexity index is 705. The van der Waals surface area contributed by atoms with Gasteiger partial charge in [-0.25, -0.2) is 9.48 Å². The maximum absolute atomic E-state index is 12.2. The number of rotatable bonds is 7. The first kappa shape index (κ1) is 19.4. The lowest BCUT2D eigenvalue weighted by Crippen LogP contribution is -2.39. The molecule has 1 aliphatic rings. The molecular formula is C21H31N5O. The second-order valence-corrected chi connectivity index (χ2v) is 7.76. The highest BCUT2D eigenvalue weighted by atomic mass is 16.2. The Kier molecular flexibility index (Phi) is 6.87. The SMILES string of the molecule is CC1CC(C)CN(CCCCNC(=O)Nc2ccccc2-n2cccn2)C1. The van der Waals surface area contributed by atoms with Crippen LogP contribution in [-0.2, 0) is 0 Å². The van der Waals surface area contributed by atoms with Crippen LogP contribution in [0.5, 0.6) is 0 Å². The van der Waals surface area contributed by atoms with Crippen LogP contribution in [0.4, 0.5) is 10.5 Å². The summed E-state index contributed by atoms with van der Waals surface area (Å²) < 4.78 is 1.75. The predicted molar refractivity (Wildman–Crippen MR) is 109 cm³/mol. The number of unbranched alkanes of at least 4 members (excludes halogenated alkanes) is 1. The number of nitrogens with one attached hydrogen (secondary N) is 2. The summed E-state index contributed by atoms with van der Waals surface area (Å²) in [6.45, 7) is 8.92. The third-order valence-electron chi connectivity index (χ3n) is 5.03. The van der Waals surface area contributed by atoms with Gasteiger partial charge >= 0.3 is 6.03 Å². The quantitative estimate of drug-likeness (QED) is 0.731. The number of carbonyl (C=O) groups is 1. The van der Waals surface area contributed by atoms with E-state index in [9.17, 15) is 4.79 Å². The van der Waals surface area contributed by atoms with Crippen molar-refractivity contribution in [1.82, 2.24) is 20.0 Å². The molecule has 2 amide bonds. The van der Waals surface area contributed by atoms with Crippen molar-refractivity contribution in [2.45, 2.75) is 33.1 Å². The van der Waals surface area contributed by atoms with E-state index in [2.05, 4.69) is 34.5 Å². The van der Waals surface area contributed by atoms with Crippen molar-refractivity contribution in [3.8, 4) is 5.69 Å². The van der Waals surface area contributed by atoms with Crippen molar-refractivity contribution < 1.29 is 4.79 Å². The number of carbonyl (C=O) groups excluding carboxylic acids is 1. The summed E-state index contributed by atoms with van der Waals surface area (Å²) in [5, 5.41) is 10.1. The van der Waals surface area contributed by atoms with E-state index >= 15 is 0 Å². The van der Waals surface area contributed by atoms with Crippen LogP contribution in [0.25, 0.3) is 5.69 Å². The Morgan fingerprint density at radius 3 is 2.67 bits per heavy atom. The van der Waals surface area contributed by atoms with Gasteiger partial charge in [-0.3, -0.25) is 0 Å². The molecule has 146 valence electrons. The number of para-hydroxylation sites is 2. The molecule has 27 heavy (non-hydrogen) atoms. The molecule has 0 saturated carbocycles. The van der Waals surface area contributed by atoms with Gasteiger partial charge in [0.05, 0.1) is 11.4 Å². The molecule has 6 heteroatoms. The molecule has 0 spiro atoms. The van der Waals surface area contributed by atoms with Crippen LogP contribution in [0.1, 0.15) is 33.1 Å². The van der Waals surface area contributed by atoms with Gasteiger partial charge in [0.2, 0.25) is 0 Å². The van der Waals surface area contributed by atoms with Crippen LogP contribution in [0.2, 0.25) is 0 Å². The molecule has 6 nitrogen and oxygen atoms in total. The smallest absolute Gasteiger partial charge is 0.319 e.